The SMILES string of the molecule is O=C(O)c1cc(C=Cc2ccc(-n3cncn3)c(F)c2)nc2ccccc12. The molecule has 0 aliphatic carbocycles. The maximum Gasteiger partial charge on any atom is 0.336 e. The van der Waals surface area contributed by atoms with Crippen LogP contribution in [0.3, 0.4) is 0 Å². The number of aromatic nitrogens is 4. The quantitative estimate of drug-likeness (QED) is 0.598. The van der Waals surface area contributed by atoms with Crippen molar-refractivity contribution in [2.45, 2.75) is 0 Å². The van der Waals surface area contributed by atoms with Crippen LogP contribution in [-0.4, -0.2) is 30.8 Å². The van der Waals surface area contributed by atoms with Gasteiger partial charge in [0.1, 0.15) is 24.2 Å². The molecular formula is C20H13FN4O2. The second-order valence-corrected chi connectivity index (χ2v) is 5.80. The van der Waals surface area contributed by atoms with Crippen molar-refractivity contribution in [2.75, 3.05) is 0 Å². The zero-order valence-corrected chi connectivity index (χ0v) is 14.0. The average Bonchev–Trinajstić information content (AvgIpc) is 3.20. The van der Waals surface area contributed by atoms with Crippen LogP contribution in [0.1, 0.15) is 21.6 Å². The topological polar surface area (TPSA) is 80.9 Å². The summed E-state index contributed by atoms with van der Waals surface area (Å²) in [5.74, 6) is -1.47. The molecule has 0 bridgehead atoms. The highest BCUT2D eigenvalue weighted by atomic mass is 19.1. The summed E-state index contributed by atoms with van der Waals surface area (Å²) < 4.78 is 15.6. The molecule has 0 spiro atoms. The van der Waals surface area contributed by atoms with Gasteiger partial charge in [-0.2, -0.15) is 5.10 Å². The lowest BCUT2D eigenvalue weighted by molar-refractivity contribution is 0.0699. The molecule has 4 aromatic rings. The Bertz CT molecular complexity index is 1170. The molecule has 2 heterocycles. The minimum atomic E-state index is -1.02. The number of carboxylic acid groups (broad SMARTS) is 1. The summed E-state index contributed by atoms with van der Waals surface area (Å²) in [6.45, 7) is 0. The second-order valence-electron chi connectivity index (χ2n) is 5.80. The maximum atomic E-state index is 14.3. The normalized spacial score (nSPS) is 11.3. The van der Waals surface area contributed by atoms with E-state index in [1.807, 2.05) is 0 Å². The third-order valence-corrected chi connectivity index (χ3v) is 4.05. The predicted octanol–water partition coefficient (Wildman–Crippen LogP) is 3.82. The third kappa shape index (κ3) is 3.30. The molecule has 0 unspecified atom stereocenters. The molecule has 0 aliphatic rings. The van der Waals surface area contributed by atoms with Gasteiger partial charge in [-0.15, -0.1) is 0 Å². The third-order valence-electron chi connectivity index (χ3n) is 4.05. The Morgan fingerprint density at radius 1 is 1.11 bits per heavy atom. The molecule has 132 valence electrons. The van der Waals surface area contributed by atoms with Gasteiger partial charge >= 0.3 is 5.97 Å². The molecule has 4 rings (SSSR count). The van der Waals surface area contributed by atoms with Crippen LogP contribution < -0.4 is 0 Å². The summed E-state index contributed by atoms with van der Waals surface area (Å²) >= 11 is 0. The highest BCUT2D eigenvalue weighted by molar-refractivity contribution is 6.03. The van der Waals surface area contributed by atoms with Crippen molar-refractivity contribution in [2.24, 2.45) is 0 Å². The van der Waals surface area contributed by atoms with Crippen LogP contribution in [0, 0.1) is 5.82 Å². The van der Waals surface area contributed by atoms with Crippen molar-refractivity contribution in [1.29, 1.82) is 0 Å². The molecule has 0 saturated heterocycles. The maximum absolute atomic E-state index is 14.3. The van der Waals surface area contributed by atoms with E-state index in [0.29, 0.717) is 27.8 Å². The number of fused-ring (bicyclic) bond motifs is 1. The average molecular weight is 360 g/mol. The first-order chi connectivity index (χ1) is 13.1. The van der Waals surface area contributed by atoms with Gasteiger partial charge in [0, 0.05) is 5.39 Å². The molecule has 1 N–H and O–H groups in total. The molecule has 6 nitrogen and oxygen atoms in total. The number of rotatable bonds is 4. The number of hydrogen-bond acceptors (Lipinski definition) is 4. The fraction of sp³-hybridized carbons (Fsp3) is 0. The first-order valence-corrected chi connectivity index (χ1v) is 8.07. The highest BCUT2D eigenvalue weighted by Crippen LogP contribution is 2.20. The Kier molecular flexibility index (Phi) is 4.18. The molecule has 27 heavy (non-hydrogen) atoms. The Hall–Kier alpha value is -3.87. The van der Waals surface area contributed by atoms with E-state index in [1.165, 1.54) is 29.5 Å². The Morgan fingerprint density at radius 3 is 2.70 bits per heavy atom. The number of aromatic carboxylic acids is 1. The van der Waals surface area contributed by atoms with Crippen molar-refractivity contribution in [3.63, 3.8) is 0 Å². The number of carboxylic acids is 1. The number of benzene rings is 2. The monoisotopic (exact) mass is 360 g/mol. The number of pyridine rings is 1. The van der Waals surface area contributed by atoms with Gasteiger partial charge in [0.2, 0.25) is 0 Å². The molecule has 0 amide bonds. The Morgan fingerprint density at radius 2 is 1.96 bits per heavy atom. The Balaban J connectivity index is 1.69. The number of para-hydroxylation sites is 1. The summed E-state index contributed by atoms with van der Waals surface area (Å²) in [6, 6.07) is 13.2. The fourth-order valence-corrected chi connectivity index (χ4v) is 2.79. The highest BCUT2D eigenvalue weighted by Gasteiger charge is 2.10. The van der Waals surface area contributed by atoms with Crippen LogP contribution >= 0.6 is 0 Å². The van der Waals surface area contributed by atoms with E-state index in [-0.39, 0.29) is 5.56 Å². The van der Waals surface area contributed by atoms with E-state index in [4.69, 9.17) is 0 Å². The van der Waals surface area contributed by atoms with E-state index in [1.54, 1.807) is 48.6 Å². The molecule has 0 saturated carbocycles. The molecule has 0 atom stereocenters. The van der Waals surface area contributed by atoms with Crippen LogP contribution in [-0.2, 0) is 0 Å². The summed E-state index contributed by atoms with van der Waals surface area (Å²) in [5.41, 5.74) is 2.15. The second kappa shape index (κ2) is 6.80. The van der Waals surface area contributed by atoms with E-state index >= 15 is 0 Å². The van der Waals surface area contributed by atoms with Crippen molar-refractivity contribution in [3.05, 3.63) is 83.8 Å². The zero-order chi connectivity index (χ0) is 18.8. The largest absolute Gasteiger partial charge is 0.478 e. The molecule has 7 heteroatoms. The number of carbonyl (C=O) groups is 1. The minimum absolute atomic E-state index is 0.174. The fourth-order valence-electron chi connectivity index (χ4n) is 2.79. The Labute approximate surface area is 153 Å². The van der Waals surface area contributed by atoms with E-state index in [9.17, 15) is 14.3 Å². The number of nitrogens with zero attached hydrogens (tertiary/aromatic N) is 4. The van der Waals surface area contributed by atoms with E-state index in [0.717, 1.165) is 0 Å². The van der Waals surface area contributed by atoms with Crippen LogP contribution in [0.4, 0.5) is 4.39 Å². The first-order valence-electron chi connectivity index (χ1n) is 8.07. The summed E-state index contributed by atoms with van der Waals surface area (Å²) in [4.78, 5) is 19.8. The van der Waals surface area contributed by atoms with Gasteiger partial charge in [0.05, 0.1) is 16.8 Å². The lowest BCUT2D eigenvalue weighted by Gasteiger charge is -2.05. The zero-order valence-electron chi connectivity index (χ0n) is 14.0. The molecule has 0 aliphatic heterocycles. The van der Waals surface area contributed by atoms with Gasteiger partial charge in [0.25, 0.3) is 0 Å². The summed E-state index contributed by atoms with van der Waals surface area (Å²) in [7, 11) is 0. The van der Waals surface area contributed by atoms with Crippen LogP contribution in [0.25, 0.3) is 28.7 Å². The number of hydrogen-bond donors (Lipinski definition) is 1. The van der Waals surface area contributed by atoms with E-state index < -0.39 is 11.8 Å². The standard InChI is InChI=1S/C20H13FN4O2/c21-17-9-13(6-8-19(17)25-12-22-11-23-25)5-7-14-10-16(20(26)27)15-3-1-2-4-18(15)24-14/h1-12H,(H,26,27). The lowest BCUT2D eigenvalue weighted by Crippen LogP contribution is -2.00. The van der Waals surface area contributed by atoms with Crippen LogP contribution in [0.2, 0.25) is 0 Å². The van der Waals surface area contributed by atoms with Gasteiger partial charge in [0.15, 0.2) is 0 Å². The van der Waals surface area contributed by atoms with Gasteiger partial charge in [-0.3, -0.25) is 0 Å². The summed E-state index contributed by atoms with van der Waals surface area (Å²) in [6.07, 6.45) is 6.08. The van der Waals surface area contributed by atoms with Crippen molar-refractivity contribution in [3.8, 4) is 5.69 Å². The van der Waals surface area contributed by atoms with Gasteiger partial charge < -0.3 is 5.11 Å². The molecule has 0 fully saturated rings. The van der Waals surface area contributed by atoms with Crippen molar-refractivity contribution < 1.29 is 14.3 Å². The first kappa shape index (κ1) is 16.6. The van der Waals surface area contributed by atoms with Crippen molar-refractivity contribution >= 4 is 29.0 Å². The van der Waals surface area contributed by atoms with Gasteiger partial charge in [-0.05, 0) is 35.9 Å². The molecule has 2 aromatic heterocycles. The predicted molar refractivity (Wildman–Crippen MR) is 98.9 cm³/mol. The smallest absolute Gasteiger partial charge is 0.336 e. The minimum Gasteiger partial charge on any atom is -0.478 e. The van der Waals surface area contributed by atoms with E-state index in [2.05, 4.69) is 15.1 Å². The van der Waals surface area contributed by atoms with Crippen molar-refractivity contribution in [1.82, 2.24) is 19.7 Å². The van der Waals surface area contributed by atoms with Gasteiger partial charge in [-0.25, -0.2) is 23.8 Å². The summed E-state index contributed by atoms with van der Waals surface area (Å²) in [5, 5.41) is 13.9. The molecule has 0 radical (unpaired) electrons. The number of halogens is 1. The van der Waals surface area contributed by atoms with Crippen LogP contribution in [0.15, 0.2) is 61.2 Å². The van der Waals surface area contributed by atoms with Crippen LogP contribution in [0.5, 0.6) is 0 Å². The van der Waals surface area contributed by atoms with Gasteiger partial charge in [-0.1, -0.05) is 30.3 Å². The molecule has 2 aromatic carbocycles. The molecular weight excluding hydrogens is 347 g/mol. The lowest BCUT2D eigenvalue weighted by atomic mass is 10.1.